The van der Waals surface area contributed by atoms with Gasteiger partial charge in [-0.05, 0) is 62.9 Å². The summed E-state index contributed by atoms with van der Waals surface area (Å²) in [6.45, 7) is 5.76. The van der Waals surface area contributed by atoms with Crippen molar-refractivity contribution in [1.29, 1.82) is 0 Å². The molecule has 2 aromatic carbocycles. The fraction of sp³-hybridized carbons (Fsp3) is 0.278. The Bertz CT molecular complexity index is 653. The predicted molar refractivity (Wildman–Crippen MR) is 92.9 cm³/mol. The summed E-state index contributed by atoms with van der Waals surface area (Å²) in [7, 11) is 0. The molecule has 0 spiro atoms. The lowest BCUT2D eigenvalue weighted by molar-refractivity contribution is -0.122. The van der Waals surface area contributed by atoms with Crippen LogP contribution in [0.5, 0.6) is 5.75 Å². The van der Waals surface area contributed by atoms with E-state index in [0.29, 0.717) is 5.75 Å². The molecule has 0 bridgehead atoms. The lowest BCUT2D eigenvalue weighted by Gasteiger charge is -2.16. The third kappa shape index (κ3) is 4.28. The minimum absolute atomic E-state index is 0.152. The number of amides is 1. The summed E-state index contributed by atoms with van der Waals surface area (Å²) < 4.78 is 5.69. The van der Waals surface area contributed by atoms with Gasteiger partial charge in [-0.3, -0.25) is 4.79 Å². The second kappa shape index (κ2) is 7.36. The van der Waals surface area contributed by atoms with E-state index in [1.807, 2.05) is 62.6 Å². The molecule has 0 aliphatic carbocycles. The van der Waals surface area contributed by atoms with Crippen LogP contribution in [0.25, 0.3) is 0 Å². The second-order valence-electron chi connectivity index (χ2n) is 5.24. The highest BCUT2D eigenvalue weighted by Crippen LogP contribution is 2.21. The fourth-order valence-electron chi connectivity index (χ4n) is 2.10. The van der Waals surface area contributed by atoms with Crippen molar-refractivity contribution in [3.8, 4) is 5.75 Å². The number of ether oxygens (including phenoxy) is 1. The summed E-state index contributed by atoms with van der Waals surface area (Å²) in [5, 5.41) is 2.91. The van der Waals surface area contributed by atoms with E-state index in [1.54, 1.807) is 18.7 Å². The number of hydrogen-bond acceptors (Lipinski definition) is 3. The van der Waals surface area contributed by atoms with Gasteiger partial charge in [-0.2, -0.15) is 0 Å². The summed E-state index contributed by atoms with van der Waals surface area (Å²) in [5.41, 5.74) is 3.04. The number of nitrogens with one attached hydrogen (secondary N) is 1. The molecule has 3 nitrogen and oxygen atoms in total. The maximum atomic E-state index is 12.2. The van der Waals surface area contributed by atoms with Gasteiger partial charge in [0.05, 0.1) is 0 Å². The number of benzene rings is 2. The Kier molecular flexibility index (Phi) is 5.50. The smallest absolute Gasteiger partial charge is 0.265 e. The van der Waals surface area contributed by atoms with Gasteiger partial charge in [0.25, 0.3) is 5.91 Å². The lowest BCUT2D eigenvalue weighted by atomic mass is 10.1. The summed E-state index contributed by atoms with van der Waals surface area (Å²) in [5.74, 6) is 0.543. The quantitative estimate of drug-likeness (QED) is 0.829. The third-order valence-electron chi connectivity index (χ3n) is 3.38. The Labute approximate surface area is 136 Å². The van der Waals surface area contributed by atoms with Gasteiger partial charge in [-0.1, -0.05) is 17.7 Å². The van der Waals surface area contributed by atoms with Gasteiger partial charge in [0.2, 0.25) is 0 Å². The molecule has 2 aromatic rings. The van der Waals surface area contributed by atoms with Crippen molar-refractivity contribution >= 4 is 23.4 Å². The standard InChI is InChI=1S/C18H21NO2S/c1-12-5-10-17(13(2)11-12)19-18(20)14(3)21-15-6-8-16(22-4)9-7-15/h5-11,14H,1-4H3,(H,19,20). The maximum Gasteiger partial charge on any atom is 0.265 e. The van der Waals surface area contributed by atoms with Gasteiger partial charge in [0.1, 0.15) is 5.75 Å². The van der Waals surface area contributed by atoms with Crippen LogP contribution in [0.2, 0.25) is 0 Å². The Morgan fingerprint density at radius 1 is 1.14 bits per heavy atom. The normalized spacial score (nSPS) is 11.8. The molecule has 0 aliphatic heterocycles. The zero-order chi connectivity index (χ0) is 16.1. The average molecular weight is 315 g/mol. The molecule has 22 heavy (non-hydrogen) atoms. The Balaban J connectivity index is 1.99. The maximum absolute atomic E-state index is 12.2. The van der Waals surface area contributed by atoms with E-state index < -0.39 is 6.10 Å². The van der Waals surface area contributed by atoms with Crippen molar-refractivity contribution < 1.29 is 9.53 Å². The van der Waals surface area contributed by atoms with Crippen LogP contribution >= 0.6 is 11.8 Å². The molecule has 0 saturated carbocycles. The van der Waals surface area contributed by atoms with E-state index >= 15 is 0 Å². The van der Waals surface area contributed by atoms with Gasteiger partial charge >= 0.3 is 0 Å². The molecular formula is C18H21NO2S. The van der Waals surface area contributed by atoms with Crippen molar-refractivity contribution in [3.63, 3.8) is 0 Å². The van der Waals surface area contributed by atoms with E-state index in [9.17, 15) is 4.79 Å². The minimum Gasteiger partial charge on any atom is -0.481 e. The van der Waals surface area contributed by atoms with Gasteiger partial charge < -0.3 is 10.1 Å². The fourth-order valence-corrected chi connectivity index (χ4v) is 2.51. The highest BCUT2D eigenvalue weighted by atomic mass is 32.2. The largest absolute Gasteiger partial charge is 0.481 e. The van der Waals surface area contributed by atoms with Gasteiger partial charge in [0, 0.05) is 10.6 Å². The molecule has 1 atom stereocenters. The minimum atomic E-state index is -0.555. The van der Waals surface area contributed by atoms with Crippen LogP contribution in [-0.2, 0) is 4.79 Å². The second-order valence-corrected chi connectivity index (χ2v) is 6.12. The first kappa shape index (κ1) is 16.4. The molecule has 0 fully saturated rings. The SMILES string of the molecule is CSc1ccc(OC(C)C(=O)Nc2ccc(C)cc2C)cc1. The van der Waals surface area contributed by atoms with E-state index in [1.165, 1.54) is 10.5 Å². The van der Waals surface area contributed by atoms with Crippen molar-refractivity contribution in [2.24, 2.45) is 0 Å². The number of carbonyl (C=O) groups is 1. The first-order valence-electron chi connectivity index (χ1n) is 7.18. The molecule has 0 radical (unpaired) electrons. The molecule has 0 aliphatic rings. The summed E-state index contributed by atoms with van der Waals surface area (Å²) in [6, 6.07) is 13.7. The predicted octanol–water partition coefficient (Wildman–Crippen LogP) is 4.43. The van der Waals surface area contributed by atoms with Crippen molar-refractivity contribution in [2.45, 2.75) is 31.8 Å². The summed E-state index contributed by atoms with van der Waals surface area (Å²) in [4.78, 5) is 13.4. The number of rotatable bonds is 5. The van der Waals surface area contributed by atoms with Crippen molar-refractivity contribution in [2.75, 3.05) is 11.6 Å². The highest BCUT2D eigenvalue weighted by Gasteiger charge is 2.15. The molecule has 0 saturated heterocycles. The van der Waals surface area contributed by atoms with Gasteiger partial charge in [0.15, 0.2) is 6.10 Å². The molecule has 1 amide bonds. The molecule has 1 unspecified atom stereocenters. The first-order chi connectivity index (χ1) is 10.5. The molecular weight excluding hydrogens is 294 g/mol. The van der Waals surface area contributed by atoms with E-state index in [-0.39, 0.29) is 5.91 Å². The zero-order valence-corrected chi connectivity index (χ0v) is 14.2. The monoisotopic (exact) mass is 315 g/mol. The Hall–Kier alpha value is -1.94. The molecule has 0 aromatic heterocycles. The summed E-state index contributed by atoms with van der Waals surface area (Å²) >= 11 is 1.67. The van der Waals surface area contributed by atoms with Crippen molar-refractivity contribution in [3.05, 3.63) is 53.6 Å². The Morgan fingerprint density at radius 2 is 1.82 bits per heavy atom. The van der Waals surface area contributed by atoms with Gasteiger partial charge in [-0.25, -0.2) is 0 Å². The molecule has 2 rings (SSSR count). The van der Waals surface area contributed by atoms with Crippen LogP contribution < -0.4 is 10.1 Å². The lowest BCUT2D eigenvalue weighted by Crippen LogP contribution is -2.30. The molecule has 4 heteroatoms. The molecule has 0 heterocycles. The highest BCUT2D eigenvalue weighted by molar-refractivity contribution is 7.98. The van der Waals surface area contributed by atoms with Crippen LogP contribution in [0.3, 0.4) is 0 Å². The van der Waals surface area contributed by atoms with Crippen molar-refractivity contribution in [1.82, 2.24) is 0 Å². The van der Waals surface area contributed by atoms with Crippen LogP contribution in [0.1, 0.15) is 18.1 Å². The van der Waals surface area contributed by atoms with E-state index in [4.69, 9.17) is 4.74 Å². The zero-order valence-electron chi connectivity index (χ0n) is 13.3. The number of thioether (sulfide) groups is 1. The number of carbonyl (C=O) groups excluding carboxylic acids is 1. The summed E-state index contributed by atoms with van der Waals surface area (Å²) in [6.07, 6.45) is 1.47. The number of aryl methyl sites for hydroxylation is 2. The number of anilines is 1. The van der Waals surface area contributed by atoms with E-state index in [2.05, 4.69) is 5.32 Å². The third-order valence-corrected chi connectivity index (χ3v) is 4.12. The van der Waals surface area contributed by atoms with Crippen LogP contribution in [0.4, 0.5) is 5.69 Å². The van der Waals surface area contributed by atoms with E-state index in [0.717, 1.165) is 11.3 Å². The Morgan fingerprint density at radius 3 is 2.41 bits per heavy atom. The van der Waals surface area contributed by atoms with Crippen LogP contribution in [-0.4, -0.2) is 18.3 Å². The molecule has 116 valence electrons. The first-order valence-corrected chi connectivity index (χ1v) is 8.41. The van der Waals surface area contributed by atoms with Crippen LogP contribution in [0, 0.1) is 13.8 Å². The van der Waals surface area contributed by atoms with Crippen LogP contribution in [0.15, 0.2) is 47.4 Å². The van der Waals surface area contributed by atoms with Gasteiger partial charge in [-0.15, -0.1) is 11.8 Å². The average Bonchev–Trinajstić information content (AvgIpc) is 2.50. The topological polar surface area (TPSA) is 38.3 Å². The number of hydrogen-bond donors (Lipinski definition) is 1. The molecule has 1 N–H and O–H groups in total.